The van der Waals surface area contributed by atoms with E-state index in [-0.39, 0.29) is 11.5 Å². The van der Waals surface area contributed by atoms with E-state index in [2.05, 4.69) is 0 Å². The van der Waals surface area contributed by atoms with Gasteiger partial charge in [0.05, 0.1) is 6.10 Å². The summed E-state index contributed by atoms with van der Waals surface area (Å²) in [6.07, 6.45) is 4.93. The fraction of sp³-hybridized carbons (Fsp3) is 1.00. The van der Waals surface area contributed by atoms with Crippen LogP contribution >= 0.6 is 0 Å². The minimum Gasteiger partial charge on any atom is -0.393 e. The summed E-state index contributed by atoms with van der Waals surface area (Å²) in [5.74, 6) is 0. The van der Waals surface area contributed by atoms with Crippen LogP contribution in [0.5, 0.6) is 0 Å². The van der Waals surface area contributed by atoms with Crippen molar-refractivity contribution in [3.8, 4) is 0 Å². The van der Waals surface area contributed by atoms with Gasteiger partial charge in [-0.05, 0) is 25.7 Å². The van der Waals surface area contributed by atoms with E-state index >= 15 is 0 Å². The Morgan fingerprint density at radius 1 is 1.62 bits per heavy atom. The Kier molecular flexibility index (Phi) is 4.16. The maximum absolute atomic E-state index is 9.82. The molecule has 0 aromatic carbocycles. The molecule has 0 aliphatic heterocycles. The van der Waals surface area contributed by atoms with Crippen molar-refractivity contribution in [1.29, 1.82) is 0 Å². The van der Waals surface area contributed by atoms with Crippen molar-refractivity contribution < 1.29 is 9.84 Å². The first-order valence-electron chi connectivity index (χ1n) is 5.12. The quantitative estimate of drug-likeness (QED) is 0.629. The van der Waals surface area contributed by atoms with E-state index in [4.69, 9.17) is 10.5 Å². The van der Waals surface area contributed by atoms with Crippen LogP contribution < -0.4 is 5.73 Å². The zero-order chi connectivity index (χ0) is 9.73. The van der Waals surface area contributed by atoms with E-state index in [0.717, 1.165) is 38.7 Å². The highest BCUT2D eigenvalue weighted by molar-refractivity contribution is 4.92. The lowest BCUT2D eigenvalue weighted by molar-refractivity contribution is 0.0443. The number of methoxy groups -OCH3 is 1. The van der Waals surface area contributed by atoms with Crippen molar-refractivity contribution in [3.05, 3.63) is 0 Å². The molecule has 1 fully saturated rings. The molecular formula is C10H21NO2. The summed E-state index contributed by atoms with van der Waals surface area (Å²) < 4.78 is 5.00. The average molecular weight is 187 g/mol. The Hall–Kier alpha value is -0.120. The van der Waals surface area contributed by atoms with Crippen molar-refractivity contribution in [1.82, 2.24) is 0 Å². The Morgan fingerprint density at radius 3 is 2.85 bits per heavy atom. The molecule has 1 rings (SSSR count). The van der Waals surface area contributed by atoms with Crippen molar-refractivity contribution in [3.63, 3.8) is 0 Å². The lowest BCUT2D eigenvalue weighted by Gasteiger charge is -2.31. The van der Waals surface area contributed by atoms with Gasteiger partial charge >= 0.3 is 0 Å². The molecule has 13 heavy (non-hydrogen) atoms. The summed E-state index contributed by atoms with van der Waals surface area (Å²) in [5, 5.41) is 9.82. The summed E-state index contributed by atoms with van der Waals surface area (Å²) >= 11 is 0. The van der Waals surface area contributed by atoms with Gasteiger partial charge in [0.15, 0.2) is 0 Å². The van der Waals surface area contributed by atoms with Crippen molar-refractivity contribution >= 4 is 0 Å². The Morgan fingerprint density at radius 2 is 2.38 bits per heavy atom. The summed E-state index contributed by atoms with van der Waals surface area (Å²) in [7, 11) is 1.71. The Bertz CT molecular complexity index is 152. The zero-order valence-electron chi connectivity index (χ0n) is 8.46. The van der Waals surface area contributed by atoms with Gasteiger partial charge in [0.2, 0.25) is 0 Å². The zero-order valence-corrected chi connectivity index (χ0v) is 8.46. The standard InChI is InChI=1S/C10H21NO2/c1-13-7-3-6-10(8-11)5-2-4-9(10)12/h9,12H,2-8,11H2,1H3. The average Bonchev–Trinajstić information content (AvgIpc) is 2.49. The number of rotatable bonds is 5. The van der Waals surface area contributed by atoms with Crippen LogP contribution in [-0.4, -0.2) is 31.5 Å². The van der Waals surface area contributed by atoms with Crippen LogP contribution in [0.2, 0.25) is 0 Å². The van der Waals surface area contributed by atoms with Gasteiger partial charge in [-0.25, -0.2) is 0 Å². The maximum atomic E-state index is 9.82. The molecule has 0 aromatic rings. The minimum absolute atomic E-state index is 0.00146. The SMILES string of the molecule is COCCCC1(CN)CCCC1O. The number of aliphatic hydroxyl groups excluding tert-OH is 1. The number of ether oxygens (including phenoxy) is 1. The summed E-state index contributed by atoms with van der Waals surface area (Å²) in [4.78, 5) is 0. The molecule has 3 nitrogen and oxygen atoms in total. The molecule has 2 unspecified atom stereocenters. The third-order valence-corrected chi connectivity index (χ3v) is 3.29. The molecule has 1 aliphatic carbocycles. The van der Waals surface area contributed by atoms with Gasteiger partial charge in [-0.1, -0.05) is 6.42 Å². The number of nitrogens with two attached hydrogens (primary N) is 1. The van der Waals surface area contributed by atoms with Crippen molar-refractivity contribution in [2.45, 2.75) is 38.2 Å². The molecule has 0 spiro atoms. The van der Waals surface area contributed by atoms with E-state index in [1.165, 1.54) is 0 Å². The normalized spacial score (nSPS) is 33.9. The van der Waals surface area contributed by atoms with Crippen LogP contribution in [0.3, 0.4) is 0 Å². The molecule has 3 heteroatoms. The fourth-order valence-corrected chi connectivity index (χ4v) is 2.32. The molecule has 1 saturated carbocycles. The van der Waals surface area contributed by atoms with Gasteiger partial charge in [-0.2, -0.15) is 0 Å². The summed E-state index contributed by atoms with van der Waals surface area (Å²) in [5.41, 5.74) is 5.74. The van der Waals surface area contributed by atoms with Gasteiger partial charge in [0.1, 0.15) is 0 Å². The molecule has 0 radical (unpaired) electrons. The van der Waals surface area contributed by atoms with Gasteiger partial charge < -0.3 is 15.6 Å². The van der Waals surface area contributed by atoms with E-state index in [1.807, 2.05) is 0 Å². The monoisotopic (exact) mass is 187 g/mol. The topological polar surface area (TPSA) is 55.5 Å². The largest absolute Gasteiger partial charge is 0.393 e. The first-order valence-corrected chi connectivity index (χ1v) is 5.12. The summed E-state index contributed by atoms with van der Waals surface area (Å²) in [6.45, 7) is 1.38. The predicted octanol–water partition coefficient (Wildman–Crippen LogP) is 0.903. The van der Waals surface area contributed by atoms with E-state index in [0.29, 0.717) is 6.54 Å². The second-order valence-corrected chi connectivity index (χ2v) is 4.07. The molecular weight excluding hydrogens is 166 g/mol. The second-order valence-electron chi connectivity index (χ2n) is 4.07. The van der Waals surface area contributed by atoms with Crippen LogP contribution in [-0.2, 0) is 4.74 Å². The lowest BCUT2D eigenvalue weighted by Crippen LogP contribution is -2.37. The van der Waals surface area contributed by atoms with Crippen LogP contribution in [0, 0.1) is 5.41 Å². The van der Waals surface area contributed by atoms with Gasteiger partial charge in [0, 0.05) is 25.7 Å². The smallest absolute Gasteiger partial charge is 0.0608 e. The predicted molar refractivity (Wildman–Crippen MR) is 52.5 cm³/mol. The van der Waals surface area contributed by atoms with Crippen LogP contribution in [0.4, 0.5) is 0 Å². The van der Waals surface area contributed by atoms with Gasteiger partial charge in [-0.15, -0.1) is 0 Å². The summed E-state index contributed by atoms with van der Waals surface area (Å²) in [6, 6.07) is 0. The first kappa shape index (κ1) is 11.0. The molecule has 0 saturated heterocycles. The highest BCUT2D eigenvalue weighted by atomic mass is 16.5. The molecule has 0 amide bonds. The maximum Gasteiger partial charge on any atom is 0.0608 e. The molecule has 1 aliphatic rings. The van der Waals surface area contributed by atoms with Gasteiger partial charge in [0.25, 0.3) is 0 Å². The lowest BCUT2D eigenvalue weighted by atomic mass is 9.80. The Labute approximate surface area is 80.3 Å². The van der Waals surface area contributed by atoms with Crippen LogP contribution in [0.25, 0.3) is 0 Å². The molecule has 0 aromatic heterocycles. The number of aliphatic hydroxyl groups is 1. The molecule has 3 N–H and O–H groups in total. The molecule has 78 valence electrons. The minimum atomic E-state index is -0.186. The Balaban J connectivity index is 2.39. The van der Waals surface area contributed by atoms with E-state index in [9.17, 15) is 5.11 Å². The number of hydrogen-bond acceptors (Lipinski definition) is 3. The molecule has 0 heterocycles. The molecule has 2 atom stereocenters. The molecule has 0 bridgehead atoms. The third kappa shape index (κ3) is 2.42. The van der Waals surface area contributed by atoms with E-state index < -0.39 is 0 Å². The number of hydrogen-bond donors (Lipinski definition) is 2. The van der Waals surface area contributed by atoms with Gasteiger partial charge in [-0.3, -0.25) is 0 Å². The second kappa shape index (κ2) is 4.94. The third-order valence-electron chi connectivity index (χ3n) is 3.29. The highest BCUT2D eigenvalue weighted by Crippen LogP contribution is 2.41. The van der Waals surface area contributed by atoms with Crippen molar-refractivity contribution in [2.75, 3.05) is 20.3 Å². The van der Waals surface area contributed by atoms with Crippen molar-refractivity contribution in [2.24, 2.45) is 11.1 Å². The first-order chi connectivity index (χ1) is 6.25. The van der Waals surface area contributed by atoms with E-state index in [1.54, 1.807) is 7.11 Å². The van der Waals surface area contributed by atoms with Crippen LogP contribution in [0.1, 0.15) is 32.1 Å². The highest BCUT2D eigenvalue weighted by Gasteiger charge is 2.39. The fourth-order valence-electron chi connectivity index (χ4n) is 2.32. The van der Waals surface area contributed by atoms with Crippen LogP contribution in [0.15, 0.2) is 0 Å².